The van der Waals surface area contributed by atoms with Crippen molar-refractivity contribution in [2.45, 2.75) is 24.1 Å². The Balaban J connectivity index is 1.64. The monoisotopic (exact) mass is 411 g/mol. The topological polar surface area (TPSA) is 71.1 Å². The third-order valence-corrected chi connectivity index (χ3v) is 5.71. The maximum atomic E-state index is 12.7. The lowest BCUT2D eigenvalue weighted by molar-refractivity contribution is 0.0945. The molecule has 5 nitrogen and oxygen atoms in total. The van der Waals surface area contributed by atoms with E-state index in [-0.39, 0.29) is 11.8 Å². The van der Waals surface area contributed by atoms with E-state index in [1.165, 1.54) is 0 Å². The summed E-state index contributed by atoms with van der Waals surface area (Å²) >= 11 is 3.16. The third-order valence-electron chi connectivity index (χ3n) is 3.97. The smallest absolute Gasteiger partial charge is 0.252 e. The van der Waals surface area contributed by atoms with Gasteiger partial charge in [-0.05, 0) is 36.8 Å². The number of thioether (sulfide) groups is 1. The molecule has 3 aromatic rings. The number of carbonyl (C=O) groups is 2. The highest BCUT2D eigenvalue weighted by Gasteiger charge is 2.12. The highest BCUT2D eigenvalue weighted by molar-refractivity contribution is 7.98. The van der Waals surface area contributed by atoms with Crippen LogP contribution < -0.4 is 10.6 Å². The van der Waals surface area contributed by atoms with Crippen LogP contribution in [0.5, 0.6) is 0 Å². The molecule has 0 unspecified atom stereocenters. The molecule has 0 aliphatic carbocycles. The predicted octanol–water partition coefficient (Wildman–Crippen LogP) is 4.12. The van der Waals surface area contributed by atoms with Crippen molar-refractivity contribution < 1.29 is 9.59 Å². The SMILES string of the molecule is CCNC(=O)c1cccc(CNC(=O)c2ccccc2SCc2cscn2)c1. The summed E-state index contributed by atoms with van der Waals surface area (Å²) in [6, 6.07) is 14.8. The van der Waals surface area contributed by atoms with E-state index in [2.05, 4.69) is 15.6 Å². The second kappa shape index (κ2) is 10.1. The van der Waals surface area contributed by atoms with Gasteiger partial charge in [-0.1, -0.05) is 24.3 Å². The number of benzene rings is 2. The van der Waals surface area contributed by atoms with Gasteiger partial charge in [-0.3, -0.25) is 9.59 Å². The standard InChI is InChI=1S/C21H21N3O2S2/c1-2-22-20(25)16-7-5-6-15(10-16)11-23-21(26)18-8-3-4-9-19(18)28-13-17-12-27-14-24-17/h3-10,12,14H,2,11,13H2,1H3,(H,22,25)(H,23,26). The van der Waals surface area contributed by atoms with E-state index < -0.39 is 0 Å². The molecule has 7 heteroatoms. The summed E-state index contributed by atoms with van der Waals surface area (Å²) in [5.41, 5.74) is 4.93. The van der Waals surface area contributed by atoms with Gasteiger partial charge in [0.25, 0.3) is 11.8 Å². The molecule has 0 fully saturated rings. The molecule has 28 heavy (non-hydrogen) atoms. The van der Waals surface area contributed by atoms with Crippen LogP contribution in [0.4, 0.5) is 0 Å². The molecular weight excluding hydrogens is 390 g/mol. The quantitative estimate of drug-likeness (QED) is 0.547. The van der Waals surface area contributed by atoms with Crippen molar-refractivity contribution in [3.8, 4) is 0 Å². The molecule has 2 N–H and O–H groups in total. The van der Waals surface area contributed by atoms with Crippen molar-refractivity contribution in [1.82, 2.24) is 15.6 Å². The van der Waals surface area contributed by atoms with E-state index in [4.69, 9.17) is 0 Å². The van der Waals surface area contributed by atoms with Gasteiger partial charge in [0, 0.05) is 34.7 Å². The number of aromatic nitrogens is 1. The second-order valence-corrected chi connectivity index (χ2v) is 7.74. The Morgan fingerprint density at radius 1 is 1.07 bits per heavy atom. The second-order valence-electron chi connectivity index (χ2n) is 6.01. The number of nitrogens with one attached hydrogen (secondary N) is 2. The van der Waals surface area contributed by atoms with Crippen LogP contribution >= 0.6 is 23.1 Å². The summed E-state index contributed by atoms with van der Waals surface area (Å²) in [7, 11) is 0. The van der Waals surface area contributed by atoms with Crippen LogP contribution in [0, 0.1) is 0 Å². The molecule has 0 radical (unpaired) electrons. The van der Waals surface area contributed by atoms with E-state index >= 15 is 0 Å². The van der Waals surface area contributed by atoms with Crippen molar-refractivity contribution in [2.75, 3.05) is 6.54 Å². The zero-order valence-corrected chi connectivity index (χ0v) is 17.1. The molecule has 3 rings (SSSR count). The minimum atomic E-state index is -0.134. The Morgan fingerprint density at radius 2 is 1.93 bits per heavy atom. The van der Waals surface area contributed by atoms with Crippen molar-refractivity contribution in [3.05, 3.63) is 81.8 Å². The first-order valence-electron chi connectivity index (χ1n) is 8.91. The van der Waals surface area contributed by atoms with Gasteiger partial charge in [0.15, 0.2) is 0 Å². The highest BCUT2D eigenvalue weighted by Crippen LogP contribution is 2.26. The first-order valence-corrected chi connectivity index (χ1v) is 10.8. The van der Waals surface area contributed by atoms with Crippen LogP contribution in [-0.4, -0.2) is 23.3 Å². The van der Waals surface area contributed by atoms with E-state index in [1.54, 1.807) is 35.2 Å². The molecule has 0 atom stereocenters. The normalized spacial score (nSPS) is 10.5. The highest BCUT2D eigenvalue weighted by atomic mass is 32.2. The van der Waals surface area contributed by atoms with Gasteiger partial charge >= 0.3 is 0 Å². The number of carbonyl (C=O) groups excluding carboxylic acids is 2. The minimum absolute atomic E-state index is 0.112. The number of hydrogen-bond donors (Lipinski definition) is 2. The van der Waals surface area contributed by atoms with E-state index in [0.717, 1.165) is 21.9 Å². The molecule has 0 aliphatic heterocycles. The lowest BCUT2D eigenvalue weighted by atomic mass is 10.1. The summed E-state index contributed by atoms with van der Waals surface area (Å²) in [5.74, 6) is 0.479. The molecule has 0 saturated carbocycles. The van der Waals surface area contributed by atoms with Crippen LogP contribution in [0.15, 0.2) is 64.3 Å². The summed E-state index contributed by atoms with van der Waals surface area (Å²) in [6.45, 7) is 2.82. The van der Waals surface area contributed by atoms with Crippen LogP contribution in [0.3, 0.4) is 0 Å². The molecule has 0 spiro atoms. The van der Waals surface area contributed by atoms with Crippen molar-refractivity contribution in [3.63, 3.8) is 0 Å². The Hall–Kier alpha value is -2.64. The lowest BCUT2D eigenvalue weighted by Crippen LogP contribution is -2.25. The van der Waals surface area contributed by atoms with Crippen molar-refractivity contribution >= 4 is 34.9 Å². The van der Waals surface area contributed by atoms with Crippen LogP contribution in [0.25, 0.3) is 0 Å². The molecule has 1 heterocycles. The Bertz CT molecular complexity index is 942. The average Bonchev–Trinajstić information content (AvgIpc) is 3.25. The first-order chi connectivity index (χ1) is 13.7. The maximum Gasteiger partial charge on any atom is 0.252 e. The van der Waals surface area contributed by atoms with Gasteiger partial charge in [0.2, 0.25) is 0 Å². The first kappa shape index (κ1) is 20.1. The summed E-state index contributed by atoms with van der Waals surface area (Å²) in [6.07, 6.45) is 0. The average molecular weight is 412 g/mol. The number of amides is 2. The van der Waals surface area contributed by atoms with Gasteiger partial charge in [-0.15, -0.1) is 23.1 Å². The lowest BCUT2D eigenvalue weighted by Gasteiger charge is -2.10. The Morgan fingerprint density at radius 3 is 2.71 bits per heavy atom. The van der Waals surface area contributed by atoms with E-state index in [1.807, 2.05) is 54.2 Å². The van der Waals surface area contributed by atoms with Gasteiger partial charge in [-0.2, -0.15) is 0 Å². The summed E-state index contributed by atoms with van der Waals surface area (Å²) < 4.78 is 0. The molecule has 0 saturated heterocycles. The van der Waals surface area contributed by atoms with E-state index in [0.29, 0.717) is 24.2 Å². The van der Waals surface area contributed by atoms with Crippen LogP contribution in [0.2, 0.25) is 0 Å². The summed E-state index contributed by atoms with van der Waals surface area (Å²) in [4.78, 5) is 29.9. The fourth-order valence-electron chi connectivity index (χ4n) is 2.60. The van der Waals surface area contributed by atoms with Gasteiger partial charge < -0.3 is 10.6 Å². The minimum Gasteiger partial charge on any atom is -0.352 e. The number of hydrogen-bond acceptors (Lipinski definition) is 5. The van der Waals surface area contributed by atoms with Crippen molar-refractivity contribution in [2.24, 2.45) is 0 Å². The van der Waals surface area contributed by atoms with Gasteiger partial charge in [0.05, 0.1) is 16.8 Å². The summed E-state index contributed by atoms with van der Waals surface area (Å²) in [5, 5.41) is 7.74. The zero-order chi connectivity index (χ0) is 19.8. The van der Waals surface area contributed by atoms with Crippen LogP contribution in [-0.2, 0) is 12.3 Å². The molecule has 2 aromatic carbocycles. The maximum absolute atomic E-state index is 12.7. The van der Waals surface area contributed by atoms with Gasteiger partial charge in [0.1, 0.15) is 0 Å². The molecule has 144 valence electrons. The van der Waals surface area contributed by atoms with E-state index in [9.17, 15) is 9.59 Å². The Kier molecular flexibility index (Phi) is 7.22. The number of thiazole rings is 1. The fraction of sp³-hybridized carbons (Fsp3) is 0.190. The fourth-order valence-corrected chi connectivity index (χ4v) is 4.22. The molecule has 0 bridgehead atoms. The molecular formula is C21H21N3O2S2. The Labute approximate surface area is 172 Å². The third kappa shape index (κ3) is 5.43. The van der Waals surface area contributed by atoms with Crippen LogP contribution in [0.1, 0.15) is 38.9 Å². The van der Waals surface area contributed by atoms with Crippen molar-refractivity contribution in [1.29, 1.82) is 0 Å². The zero-order valence-electron chi connectivity index (χ0n) is 15.5. The molecule has 0 aliphatic rings. The number of rotatable bonds is 8. The van der Waals surface area contributed by atoms with Gasteiger partial charge in [-0.25, -0.2) is 4.98 Å². The molecule has 2 amide bonds. The number of nitrogens with zero attached hydrogens (tertiary/aromatic N) is 1. The largest absolute Gasteiger partial charge is 0.352 e. The predicted molar refractivity (Wildman–Crippen MR) is 114 cm³/mol. The molecule has 1 aromatic heterocycles.